The fourth-order valence-corrected chi connectivity index (χ4v) is 2.47. The van der Waals surface area contributed by atoms with E-state index >= 15 is 0 Å². The van der Waals surface area contributed by atoms with Gasteiger partial charge in [-0.15, -0.1) is 0 Å². The van der Waals surface area contributed by atoms with Crippen molar-refractivity contribution in [1.29, 1.82) is 0 Å². The summed E-state index contributed by atoms with van der Waals surface area (Å²) in [5.41, 5.74) is 0. The van der Waals surface area contributed by atoms with E-state index in [2.05, 4.69) is 12.2 Å². The van der Waals surface area contributed by atoms with Crippen molar-refractivity contribution in [2.24, 2.45) is 11.8 Å². The first-order chi connectivity index (χ1) is 5.38. The Balaban J connectivity index is 2.09. The highest BCUT2D eigenvalue weighted by molar-refractivity contribution is 5.01. The molecule has 0 amide bonds. The van der Waals surface area contributed by atoms with E-state index in [1.54, 1.807) is 0 Å². The Morgan fingerprint density at radius 2 is 2.09 bits per heavy atom. The number of allylic oxidation sites excluding steroid dienone is 1. The minimum absolute atomic E-state index is 0.0368. The molecule has 0 heterocycles. The standard InChI is InChI=1S/C10H16O/c11-10-7-3-5-8-4-1-2-6-9(8)10/h2,6,8-11H,1,3-5,7H2. The molecule has 0 aromatic carbocycles. The van der Waals surface area contributed by atoms with Crippen LogP contribution in [0.5, 0.6) is 0 Å². The van der Waals surface area contributed by atoms with Gasteiger partial charge in [-0.3, -0.25) is 0 Å². The molecule has 2 rings (SSSR count). The Hall–Kier alpha value is -0.300. The van der Waals surface area contributed by atoms with E-state index in [0.29, 0.717) is 5.92 Å². The van der Waals surface area contributed by atoms with Gasteiger partial charge in [0.25, 0.3) is 0 Å². The van der Waals surface area contributed by atoms with Gasteiger partial charge < -0.3 is 5.11 Å². The molecule has 1 saturated carbocycles. The van der Waals surface area contributed by atoms with Gasteiger partial charge in [-0.25, -0.2) is 0 Å². The summed E-state index contributed by atoms with van der Waals surface area (Å²) >= 11 is 0. The number of aliphatic hydroxyl groups is 1. The lowest BCUT2D eigenvalue weighted by Gasteiger charge is -2.35. The molecular formula is C10H16O. The van der Waals surface area contributed by atoms with Crippen LogP contribution in [0.1, 0.15) is 32.1 Å². The molecule has 0 spiro atoms. The van der Waals surface area contributed by atoms with Gasteiger partial charge >= 0.3 is 0 Å². The summed E-state index contributed by atoms with van der Waals surface area (Å²) in [6, 6.07) is 0. The summed E-state index contributed by atoms with van der Waals surface area (Å²) in [4.78, 5) is 0. The first-order valence-electron chi connectivity index (χ1n) is 4.72. The van der Waals surface area contributed by atoms with Crippen molar-refractivity contribution >= 4 is 0 Å². The largest absolute Gasteiger partial charge is 0.393 e. The molecule has 3 atom stereocenters. The molecule has 11 heavy (non-hydrogen) atoms. The number of rotatable bonds is 0. The average Bonchev–Trinajstić information content (AvgIpc) is 2.06. The van der Waals surface area contributed by atoms with Crippen LogP contribution >= 0.6 is 0 Å². The first kappa shape index (κ1) is 7.35. The maximum atomic E-state index is 9.65. The Morgan fingerprint density at radius 1 is 1.18 bits per heavy atom. The average molecular weight is 152 g/mol. The van der Waals surface area contributed by atoms with Gasteiger partial charge in [0.15, 0.2) is 0 Å². The lowest BCUT2D eigenvalue weighted by atomic mass is 9.73. The Bertz CT molecular complexity index is 162. The van der Waals surface area contributed by atoms with Crippen LogP contribution < -0.4 is 0 Å². The minimum atomic E-state index is -0.0368. The van der Waals surface area contributed by atoms with Crippen LogP contribution in [0.2, 0.25) is 0 Å². The van der Waals surface area contributed by atoms with Gasteiger partial charge in [-0.05, 0) is 31.6 Å². The zero-order chi connectivity index (χ0) is 7.68. The molecule has 1 heteroatoms. The monoisotopic (exact) mass is 152 g/mol. The van der Waals surface area contributed by atoms with Crippen LogP contribution in [0, 0.1) is 11.8 Å². The third-order valence-electron chi connectivity index (χ3n) is 3.13. The second-order valence-electron chi connectivity index (χ2n) is 3.84. The van der Waals surface area contributed by atoms with Crippen LogP contribution in [0.15, 0.2) is 12.2 Å². The number of hydrogen-bond donors (Lipinski definition) is 1. The van der Waals surface area contributed by atoms with E-state index in [4.69, 9.17) is 0 Å². The van der Waals surface area contributed by atoms with Crippen molar-refractivity contribution in [3.8, 4) is 0 Å². The molecule has 0 bridgehead atoms. The van der Waals surface area contributed by atoms with Crippen molar-refractivity contribution in [2.75, 3.05) is 0 Å². The highest BCUT2D eigenvalue weighted by atomic mass is 16.3. The molecule has 0 saturated heterocycles. The molecule has 1 N–H and O–H groups in total. The van der Waals surface area contributed by atoms with Crippen molar-refractivity contribution < 1.29 is 5.11 Å². The molecular weight excluding hydrogens is 136 g/mol. The van der Waals surface area contributed by atoms with Crippen LogP contribution in [-0.2, 0) is 0 Å². The van der Waals surface area contributed by atoms with Crippen LogP contribution in [0.3, 0.4) is 0 Å². The van der Waals surface area contributed by atoms with Crippen LogP contribution in [0.25, 0.3) is 0 Å². The first-order valence-corrected chi connectivity index (χ1v) is 4.72. The molecule has 3 unspecified atom stereocenters. The molecule has 2 aliphatic rings. The van der Waals surface area contributed by atoms with Crippen LogP contribution in [0.4, 0.5) is 0 Å². The second kappa shape index (κ2) is 2.98. The summed E-state index contributed by atoms with van der Waals surface area (Å²) in [7, 11) is 0. The zero-order valence-corrected chi connectivity index (χ0v) is 6.87. The normalized spacial score (nSPS) is 43.5. The van der Waals surface area contributed by atoms with Gasteiger partial charge in [0.05, 0.1) is 6.10 Å². The topological polar surface area (TPSA) is 20.2 Å². The summed E-state index contributed by atoms with van der Waals surface area (Å²) in [6.45, 7) is 0. The molecule has 1 nitrogen and oxygen atoms in total. The molecule has 0 aromatic rings. The van der Waals surface area contributed by atoms with Crippen molar-refractivity contribution in [3.63, 3.8) is 0 Å². The molecule has 1 fully saturated rings. The van der Waals surface area contributed by atoms with Gasteiger partial charge in [-0.2, -0.15) is 0 Å². The number of fused-ring (bicyclic) bond motifs is 1. The Morgan fingerprint density at radius 3 is 2.91 bits per heavy atom. The molecule has 0 aromatic heterocycles. The van der Waals surface area contributed by atoms with E-state index in [-0.39, 0.29) is 6.10 Å². The van der Waals surface area contributed by atoms with Crippen molar-refractivity contribution in [3.05, 3.63) is 12.2 Å². The van der Waals surface area contributed by atoms with Gasteiger partial charge in [0.1, 0.15) is 0 Å². The third-order valence-corrected chi connectivity index (χ3v) is 3.13. The Labute approximate surface area is 68.1 Å². The number of aliphatic hydroxyl groups excluding tert-OH is 1. The predicted molar refractivity (Wildman–Crippen MR) is 45.2 cm³/mol. The third kappa shape index (κ3) is 1.34. The summed E-state index contributed by atoms with van der Waals surface area (Å²) < 4.78 is 0. The van der Waals surface area contributed by atoms with Crippen LogP contribution in [-0.4, -0.2) is 11.2 Å². The lowest BCUT2D eigenvalue weighted by molar-refractivity contribution is 0.0516. The van der Waals surface area contributed by atoms with Crippen molar-refractivity contribution in [1.82, 2.24) is 0 Å². The highest BCUT2D eigenvalue weighted by Gasteiger charge is 2.30. The van der Waals surface area contributed by atoms with E-state index < -0.39 is 0 Å². The molecule has 2 aliphatic carbocycles. The van der Waals surface area contributed by atoms with E-state index in [0.717, 1.165) is 12.3 Å². The SMILES string of the molecule is OC1CCCC2CCC=CC12. The molecule has 0 aliphatic heterocycles. The fraction of sp³-hybridized carbons (Fsp3) is 0.800. The minimum Gasteiger partial charge on any atom is -0.393 e. The highest BCUT2D eigenvalue weighted by Crippen LogP contribution is 2.36. The zero-order valence-electron chi connectivity index (χ0n) is 6.87. The smallest absolute Gasteiger partial charge is 0.0605 e. The molecule has 62 valence electrons. The summed E-state index contributed by atoms with van der Waals surface area (Å²) in [5.74, 6) is 1.29. The summed E-state index contributed by atoms with van der Waals surface area (Å²) in [5, 5.41) is 9.65. The van der Waals surface area contributed by atoms with Gasteiger partial charge in [0.2, 0.25) is 0 Å². The fourth-order valence-electron chi connectivity index (χ4n) is 2.47. The molecule has 0 radical (unpaired) electrons. The lowest BCUT2D eigenvalue weighted by Crippen LogP contribution is -2.32. The Kier molecular flexibility index (Phi) is 1.99. The quantitative estimate of drug-likeness (QED) is 0.527. The second-order valence-corrected chi connectivity index (χ2v) is 3.84. The predicted octanol–water partition coefficient (Wildman–Crippen LogP) is 2.11. The van der Waals surface area contributed by atoms with E-state index in [1.165, 1.54) is 25.7 Å². The maximum absolute atomic E-state index is 9.65. The summed E-state index contributed by atoms with van der Waals surface area (Å²) in [6.07, 6.45) is 10.6. The van der Waals surface area contributed by atoms with Gasteiger partial charge in [0, 0.05) is 5.92 Å². The number of hydrogen-bond acceptors (Lipinski definition) is 1. The van der Waals surface area contributed by atoms with Gasteiger partial charge in [-0.1, -0.05) is 18.6 Å². The van der Waals surface area contributed by atoms with E-state index in [1.807, 2.05) is 0 Å². The maximum Gasteiger partial charge on any atom is 0.0605 e. The van der Waals surface area contributed by atoms with Crippen molar-refractivity contribution in [2.45, 2.75) is 38.2 Å². The van der Waals surface area contributed by atoms with E-state index in [9.17, 15) is 5.11 Å².